The molecule has 3 rings (SSSR count). The number of amides is 1. The average molecular weight is 430 g/mol. The summed E-state index contributed by atoms with van der Waals surface area (Å²) < 4.78 is 0. The van der Waals surface area contributed by atoms with Crippen LogP contribution in [0.3, 0.4) is 0 Å². The normalized spacial score (nSPS) is 18.9. The molecular formula is C23H28ClN3O3. The zero-order valence-electron chi connectivity index (χ0n) is 17.9. The van der Waals surface area contributed by atoms with Crippen LogP contribution in [0.4, 0.5) is 5.69 Å². The second-order valence-corrected chi connectivity index (χ2v) is 9.44. The van der Waals surface area contributed by atoms with Crippen molar-refractivity contribution in [1.82, 2.24) is 4.90 Å². The third kappa shape index (κ3) is 4.67. The number of nitrogens with zero attached hydrogens (tertiary/aromatic N) is 2. The molecule has 1 heterocycles. The van der Waals surface area contributed by atoms with Gasteiger partial charge in [-0.05, 0) is 48.6 Å². The highest BCUT2D eigenvalue weighted by atomic mass is 35.5. The van der Waals surface area contributed by atoms with Gasteiger partial charge in [-0.3, -0.25) is 9.79 Å². The zero-order valence-corrected chi connectivity index (χ0v) is 18.7. The molecule has 1 atom stereocenters. The summed E-state index contributed by atoms with van der Waals surface area (Å²) in [6.45, 7) is 10.1. The van der Waals surface area contributed by atoms with E-state index in [1.807, 2.05) is 38.1 Å². The van der Waals surface area contributed by atoms with E-state index in [0.717, 1.165) is 5.56 Å². The molecule has 0 radical (unpaired) electrons. The van der Waals surface area contributed by atoms with Gasteiger partial charge in [0, 0.05) is 5.69 Å². The fourth-order valence-corrected chi connectivity index (χ4v) is 3.62. The van der Waals surface area contributed by atoms with E-state index in [2.05, 4.69) is 31.1 Å². The average Bonchev–Trinajstić information content (AvgIpc) is 2.87. The number of anilines is 1. The van der Waals surface area contributed by atoms with Crippen molar-refractivity contribution in [2.75, 3.05) is 11.9 Å². The van der Waals surface area contributed by atoms with Gasteiger partial charge in [-0.15, -0.1) is 0 Å². The molecule has 1 unspecified atom stereocenters. The van der Waals surface area contributed by atoms with Crippen molar-refractivity contribution in [3.8, 4) is 5.75 Å². The minimum absolute atomic E-state index is 0.0369. The van der Waals surface area contributed by atoms with Gasteiger partial charge in [0.1, 0.15) is 11.4 Å². The molecule has 6 nitrogen and oxygen atoms in total. The van der Waals surface area contributed by atoms with Crippen molar-refractivity contribution in [1.29, 1.82) is 0 Å². The number of aliphatic hydroxyl groups is 1. The Hall–Kier alpha value is -2.41. The number of phenols is 1. The highest BCUT2D eigenvalue weighted by molar-refractivity contribution is 6.32. The van der Waals surface area contributed by atoms with Gasteiger partial charge in [-0.1, -0.05) is 56.6 Å². The van der Waals surface area contributed by atoms with Crippen LogP contribution in [0.25, 0.3) is 0 Å². The first-order valence-corrected chi connectivity index (χ1v) is 10.2. The van der Waals surface area contributed by atoms with Crippen LogP contribution in [0.5, 0.6) is 5.75 Å². The Balaban J connectivity index is 1.74. The number of nitrogens with one attached hydrogen (secondary N) is 1. The van der Waals surface area contributed by atoms with Gasteiger partial charge in [-0.25, -0.2) is 4.90 Å². The van der Waals surface area contributed by atoms with Crippen molar-refractivity contribution < 1.29 is 15.0 Å². The van der Waals surface area contributed by atoms with Crippen molar-refractivity contribution in [2.24, 2.45) is 4.99 Å². The summed E-state index contributed by atoms with van der Waals surface area (Å²) in [4.78, 5) is 18.9. The summed E-state index contributed by atoms with van der Waals surface area (Å²) >= 11 is 5.89. The molecular weight excluding hydrogens is 402 g/mol. The summed E-state index contributed by atoms with van der Waals surface area (Å²) in [6.07, 6.45) is -1.00. The lowest BCUT2D eigenvalue weighted by Crippen LogP contribution is -2.49. The first-order valence-electron chi connectivity index (χ1n) is 9.82. The zero-order chi connectivity index (χ0) is 22.3. The van der Waals surface area contributed by atoms with E-state index in [-0.39, 0.29) is 28.6 Å². The van der Waals surface area contributed by atoms with E-state index in [1.165, 1.54) is 17.7 Å². The molecule has 0 aromatic heterocycles. The van der Waals surface area contributed by atoms with Crippen molar-refractivity contribution in [3.63, 3.8) is 0 Å². The number of hydrogen-bond donors (Lipinski definition) is 3. The Labute approximate surface area is 182 Å². The number of aromatic hydroxyl groups is 1. The summed E-state index contributed by atoms with van der Waals surface area (Å²) in [5, 5.41) is 23.3. The third-order valence-corrected chi connectivity index (χ3v) is 5.53. The number of halogens is 1. The van der Waals surface area contributed by atoms with Crippen LogP contribution in [0.1, 0.15) is 45.7 Å². The Bertz CT molecular complexity index is 978. The van der Waals surface area contributed by atoms with Gasteiger partial charge in [0.05, 0.1) is 17.3 Å². The molecule has 1 aliphatic rings. The van der Waals surface area contributed by atoms with Gasteiger partial charge in [-0.2, -0.15) is 0 Å². The Morgan fingerprint density at radius 3 is 2.40 bits per heavy atom. The van der Waals surface area contributed by atoms with Gasteiger partial charge in [0.2, 0.25) is 5.91 Å². The molecule has 0 aliphatic carbocycles. The molecule has 160 valence electrons. The lowest BCUT2D eigenvalue weighted by molar-refractivity contribution is -0.121. The maximum atomic E-state index is 12.6. The van der Waals surface area contributed by atoms with Gasteiger partial charge in [0.25, 0.3) is 0 Å². The maximum absolute atomic E-state index is 12.6. The molecule has 2 aromatic carbocycles. The summed E-state index contributed by atoms with van der Waals surface area (Å²) in [5.74, 6) is -0.371. The fourth-order valence-electron chi connectivity index (χ4n) is 3.44. The van der Waals surface area contributed by atoms with Crippen LogP contribution in [-0.4, -0.2) is 45.2 Å². The molecule has 0 fully saturated rings. The second-order valence-electron chi connectivity index (χ2n) is 9.03. The van der Waals surface area contributed by atoms with Crippen molar-refractivity contribution in [3.05, 3.63) is 58.6 Å². The van der Waals surface area contributed by atoms with Gasteiger partial charge in [0.15, 0.2) is 6.23 Å². The molecule has 1 amide bonds. The summed E-state index contributed by atoms with van der Waals surface area (Å²) in [6, 6.07) is 12.4. The SMILES string of the molecule is CC(C)(C)c1ccc(C2=NC(C)(C)N(CC(=O)Nc3ccc(O)c(Cl)c3)C2O)cc1. The van der Waals surface area contributed by atoms with Gasteiger partial charge >= 0.3 is 0 Å². The topological polar surface area (TPSA) is 85.2 Å². The maximum Gasteiger partial charge on any atom is 0.238 e. The summed E-state index contributed by atoms with van der Waals surface area (Å²) in [7, 11) is 0. The predicted molar refractivity (Wildman–Crippen MR) is 120 cm³/mol. The number of carbonyl (C=O) groups is 1. The van der Waals surface area contributed by atoms with E-state index >= 15 is 0 Å². The molecule has 3 N–H and O–H groups in total. The number of aliphatic imine (C=N–C) groups is 1. The molecule has 1 aliphatic heterocycles. The number of hydrogen-bond acceptors (Lipinski definition) is 5. The van der Waals surface area contributed by atoms with E-state index in [1.54, 1.807) is 11.0 Å². The predicted octanol–water partition coefficient (Wildman–Crippen LogP) is 4.14. The van der Waals surface area contributed by atoms with Crippen molar-refractivity contribution >= 4 is 28.9 Å². The number of aliphatic hydroxyl groups excluding tert-OH is 1. The van der Waals surface area contributed by atoms with Gasteiger partial charge < -0.3 is 15.5 Å². The monoisotopic (exact) mass is 429 g/mol. The largest absolute Gasteiger partial charge is 0.506 e. The standard InChI is InChI=1S/C23H28ClN3O3/c1-22(2,3)15-8-6-14(7-9-15)20-21(30)27(23(4,5)26-20)13-19(29)25-16-10-11-18(28)17(24)12-16/h6-12,21,28,30H,13H2,1-5H3,(H,25,29). The quantitative estimate of drug-likeness (QED) is 0.637. The highest BCUT2D eigenvalue weighted by Crippen LogP contribution is 2.31. The smallest absolute Gasteiger partial charge is 0.238 e. The minimum Gasteiger partial charge on any atom is -0.506 e. The fraction of sp³-hybridized carbons (Fsp3) is 0.391. The van der Waals surface area contributed by atoms with Crippen LogP contribution >= 0.6 is 11.6 Å². The lowest BCUT2D eigenvalue weighted by Gasteiger charge is -2.31. The van der Waals surface area contributed by atoms with Crippen molar-refractivity contribution in [2.45, 2.75) is 51.9 Å². The van der Waals surface area contributed by atoms with Crippen LogP contribution in [-0.2, 0) is 10.2 Å². The Kier molecular flexibility index (Phi) is 5.96. The molecule has 0 saturated carbocycles. The molecule has 0 bridgehead atoms. The second kappa shape index (κ2) is 8.02. The van der Waals surface area contributed by atoms with Crippen LogP contribution in [0.2, 0.25) is 5.02 Å². The minimum atomic E-state index is -1.00. The number of carbonyl (C=O) groups excluding carboxylic acids is 1. The number of phenolic OH excluding ortho intramolecular Hbond substituents is 1. The summed E-state index contributed by atoms with van der Waals surface area (Å²) in [5.41, 5.74) is 2.32. The van der Waals surface area contributed by atoms with E-state index in [4.69, 9.17) is 11.6 Å². The molecule has 30 heavy (non-hydrogen) atoms. The molecule has 7 heteroatoms. The van der Waals surface area contributed by atoms with E-state index in [0.29, 0.717) is 11.4 Å². The first-order chi connectivity index (χ1) is 13.9. The van der Waals surface area contributed by atoms with Crippen LogP contribution in [0, 0.1) is 0 Å². The molecule has 0 saturated heterocycles. The Morgan fingerprint density at radius 1 is 1.20 bits per heavy atom. The van der Waals surface area contributed by atoms with Crippen LogP contribution in [0.15, 0.2) is 47.5 Å². The lowest BCUT2D eigenvalue weighted by atomic mass is 9.86. The number of rotatable bonds is 4. The molecule has 0 spiro atoms. The Morgan fingerprint density at radius 2 is 1.83 bits per heavy atom. The van der Waals surface area contributed by atoms with E-state index < -0.39 is 11.9 Å². The highest BCUT2D eigenvalue weighted by Gasteiger charge is 2.42. The molecule has 2 aromatic rings. The van der Waals surface area contributed by atoms with E-state index in [9.17, 15) is 15.0 Å². The van der Waals surface area contributed by atoms with Crippen LogP contribution < -0.4 is 5.32 Å². The first kappa shape index (κ1) is 22.3. The third-order valence-electron chi connectivity index (χ3n) is 5.23. The number of benzene rings is 2.